The van der Waals surface area contributed by atoms with Crippen LogP contribution in [0, 0.1) is 0 Å². The average molecular weight is 373 g/mol. The summed E-state index contributed by atoms with van der Waals surface area (Å²) in [7, 11) is 0. The Morgan fingerprint density at radius 2 is 1.59 bits per heavy atom. The summed E-state index contributed by atoms with van der Waals surface area (Å²) >= 11 is 0. The van der Waals surface area contributed by atoms with Crippen molar-refractivity contribution in [1.82, 2.24) is 4.90 Å². The van der Waals surface area contributed by atoms with Crippen LogP contribution in [0.15, 0.2) is 42.5 Å². The van der Waals surface area contributed by atoms with E-state index in [4.69, 9.17) is 9.47 Å². The first kappa shape index (κ1) is 21.2. The molecule has 5 nitrogen and oxygen atoms in total. The van der Waals surface area contributed by atoms with Gasteiger partial charge in [0.2, 0.25) is 0 Å². The fraction of sp³-hybridized carbons (Fsp3) is 0.455. The van der Waals surface area contributed by atoms with Gasteiger partial charge in [0.25, 0.3) is 0 Å². The molecule has 2 rings (SSSR count). The van der Waals surface area contributed by atoms with Gasteiger partial charge in [-0.2, -0.15) is 0 Å². The summed E-state index contributed by atoms with van der Waals surface area (Å²) in [5, 5.41) is 18.6. The summed E-state index contributed by atoms with van der Waals surface area (Å²) in [4.78, 5) is 2.39. The van der Waals surface area contributed by atoms with Gasteiger partial charge in [-0.1, -0.05) is 32.0 Å². The third-order valence-corrected chi connectivity index (χ3v) is 4.60. The highest BCUT2D eigenvalue weighted by molar-refractivity contribution is 5.35. The Morgan fingerprint density at radius 3 is 2.30 bits per heavy atom. The predicted molar refractivity (Wildman–Crippen MR) is 107 cm³/mol. The number of aliphatic hydroxyl groups excluding tert-OH is 2. The van der Waals surface area contributed by atoms with Crippen molar-refractivity contribution in [3.63, 3.8) is 0 Å². The molecular weight excluding hydrogens is 342 g/mol. The van der Waals surface area contributed by atoms with Crippen molar-refractivity contribution < 1.29 is 19.7 Å². The maximum Gasteiger partial charge on any atom is 0.120 e. The van der Waals surface area contributed by atoms with Crippen molar-refractivity contribution in [2.24, 2.45) is 0 Å². The minimum atomic E-state index is -0.121. The highest BCUT2D eigenvalue weighted by atomic mass is 16.5. The lowest BCUT2D eigenvalue weighted by Crippen LogP contribution is -2.25. The van der Waals surface area contributed by atoms with Crippen molar-refractivity contribution in [3.8, 4) is 11.5 Å². The smallest absolute Gasteiger partial charge is 0.120 e. The molecule has 148 valence electrons. The van der Waals surface area contributed by atoms with Gasteiger partial charge in [-0.3, -0.25) is 0 Å². The zero-order valence-corrected chi connectivity index (χ0v) is 16.4. The number of aliphatic hydroxyl groups is 2. The van der Waals surface area contributed by atoms with E-state index in [1.54, 1.807) is 18.2 Å². The van der Waals surface area contributed by atoms with E-state index in [2.05, 4.69) is 18.7 Å². The molecule has 0 aromatic heterocycles. The van der Waals surface area contributed by atoms with Crippen molar-refractivity contribution in [3.05, 3.63) is 59.2 Å². The van der Waals surface area contributed by atoms with E-state index in [0.717, 1.165) is 37.4 Å². The van der Waals surface area contributed by atoms with Crippen LogP contribution in [-0.2, 0) is 19.8 Å². The van der Waals surface area contributed by atoms with E-state index in [0.29, 0.717) is 30.1 Å². The second-order valence-corrected chi connectivity index (χ2v) is 6.41. The molecule has 2 N–H and O–H groups in total. The van der Waals surface area contributed by atoms with Gasteiger partial charge in [-0.15, -0.1) is 0 Å². The summed E-state index contributed by atoms with van der Waals surface area (Å²) in [6.07, 6.45) is 1.00. The Kier molecular flexibility index (Phi) is 9.11. The Labute approximate surface area is 162 Å². The molecule has 2 aromatic carbocycles. The molecule has 0 bridgehead atoms. The lowest BCUT2D eigenvalue weighted by molar-refractivity contribution is 0.248. The lowest BCUT2D eigenvalue weighted by atomic mass is 10.1. The van der Waals surface area contributed by atoms with Gasteiger partial charge in [0.1, 0.15) is 18.1 Å². The molecule has 0 aliphatic heterocycles. The summed E-state index contributed by atoms with van der Waals surface area (Å²) in [5.41, 5.74) is 2.42. The molecule has 0 aliphatic rings. The van der Waals surface area contributed by atoms with Crippen LogP contribution >= 0.6 is 0 Å². The normalized spacial score (nSPS) is 11.0. The molecule has 0 spiro atoms. The third-order valence-electron chi connectivity index (χ3n) is 4.60. The first-order valence-electron chi connectivity index (χ1n) is 9.60. The van der Waals surface area contributed by atoms with E-state index in [1.165, 1.54) is 0 Å². The van der Waals surface area contributed by atoms with Gasteiger partial charge in [-0.25, -0.2) is 0 Å². The van der Waals surface area contributed by atoms with Crippen LogP contribution in [0.3, 0.4) is 0 Å². The monoisotopic (exact) mass is 373 g/mol. The fourth-order valence-corrected chi connectivity index (χ4v) is 2.90. The zero-order valence-electron chi connectivity index (χ0n) is 16.4. The highest BCUT2D eigenvalue weighted by Gasteiger charge is 2.05. The molecule has 0 heterocycles. The Hall–Kier alpha value is -2.08. The molecule has 0 aliphatic carbocycles. The van der Waals surface area contributed by atoms with Crippen molar-refractivity contribution in [1.29, 1.82) is 0 Å². The second-order valence-electron chi connectivity index (χ2n) is 6.41. The number of hydrogen-bond donors (Lipinski definition) is 2. The largest absolute Gasteiger partial charge is 0.494 e. The molecular formula is C22H31NO4. The molecule has 0 saturated heterocycles. The van der Waals surface area contributed by atoms with Gasteiger partial charge in [0, 0.05) is 6.54 Å². The van der Waals surface area contributed by atoms with Crippen LogP contribution in [0.1, 0.15) is 37.0 Å². The summed E-state index contributed by atoms with van der Waals surface area (Å²) in [6, 6.07) is 13.3. The van der Waals surface area contributed by atoms with Crippen LogP contribution in [0.4, 0.5) is 0 Å². The second kappa shape index (κ2) is 11.6. The third kappa shape index (κ3) is 6.86. The number of rotatable bonds is 12. The topological polar surface area (TPSA) is 62.2 Å². The maximum absolute atomic E-state index is 9.38. The molecule has 0 amide bonds. The molecule has 5 heteroatoms. The minimum Gasteiger partial charge on any atom is -0.494 e. The van der Waals surface area contributed by atoms with E-state index >= 15 is 0 Å². The van der Waals surface area contributed by atoms with Crippen LogP contribution < -0.4 is 9.47 Å². The summed E-state index contributed by atoms with van der Waals surface area (Å²) in [5.74, 6) is 1.52. The number of hydrogen-bond acceptors (Lipinski definition) is 5. The molecule has 0 fully saturated rings. The number of benzene rings is 2. The van der Waals surface area contributed by atoms with Crippen LogP contribution in [-0.4, -0.2) is 41.4 Å². The Balaban J connectivity index is 1.85. The molecule has 0 radical (unpaired) electrons. The molecule has 2 aromatic rings. The molecule has 0 atom stereocenters. The van der Waals surface area contributed by atoms with Gasteiger partial charge < -0.3 is 24.6 Å². The van der Waals surface area contributed by atoms with E-state index in [-0.39, 0.29) is 13.2 Å². The quantitative estimate of drug-likeness (QED) is 0.559. The molecule has 0 saturated carbocycles. The van der Waals surface area contributed by atoms with E-state index in [9.17, 15) is 10.2 Å². The van der Waals surface area contributed by atoms with Crippen LogP contribution in [0.25, 0.3) is 0 Å². The molecule has 27 heavy (non-hydrogen) atoms. The first-order chi connectivity index (χ1) is 13.2. The number of nitrogens with zero attached hydrogens (tertiary/aromatic N) is 1. The predicted octanol–water partition coefficient (Wildman–Crippen LogP) is 3.36. The summed E-state index contributed by atoms with van der Waals surface area (Å²) < 4.78 is 11.7. The lowest BCUT2D eigenvalue weighted by Gasteiger charge is -2.17. The minimum absolute atomic E-state index is 0.0934. The maximum atomic E-state index is 9.38. The van der Waals surface area contributed by atoms with Crippen molar-refractivity contribution in [2.45, 2.75) is 40.1 Å². The zero-order chi connectivity index (χ0) is 19.5. The number of ether oxygens (including phenoxy) is 2. The van der Waals surface area contributed by atoms with E-state index in [1.807, 2.05) is 24.3 Å². The van der Waals surface area contributed by atoms with E-state index < -0.39 is 0 Å². The fourth-order valence-electron chi connectivity index (χ4n) is 2.90. The van der Waals surface area contributed by atoms with Gasteiger partial charge in [-0.05, 0) is 60.5 Å². The van der Waals surface area contributed by atoms with Crippen molar-refractivity contribution in [2.75, 3.05) is 26.2 Å². The van der Waals surface area contributed by atoms with Gasteiger partial charge in [0.05, 0.1) is 19.8 Å². The SMILES string of the molecule is CCN(CC)CCCOc1cccc(COc2ccc(CO)c(CO)c2)c1. The Morgan fingerprint density at radius 1 is 0.852 bits per heavy atom. The highest BCUT2D eigenvalue weighted by Crippen LogP contribution is 2.20. The van der Waals surface area contributed by atoms with Gasteiger partial charge in [0.15, 0.2) is 0 Å². The first-order valence-corrected chi connectivity index (χ1v) is 9.60. The average Bonchev–Trinajstić information content (AvgIpc) is 2.72. The standard InChI is InChI=1S/C22H31NO4/c1-3-23(4-2)11-6-12-26-21-8-5-7-18(13-21)17-27-22-10-9-19(15-24)20(14-22)16-25/h5,7-10,13-14,24-25H,3-4,6,11-12,15-17H2,1-2H3. The van der Waals surface area contributed by atoms with Crippen molar-refractivity contribution >= 4 is 0 Å². The molecule has 0 unspecified atom stereocenters. The Bertz CT molecular complexity index is 686. The van der Waals surface area contributed by atoms with Crippen LogP contribution in [0.2, 0.25) is 0 Å². The van der Waals surface area contributed by atoms with Gasteiger partial charge >= 0.3 is 0 Å². The van der Waals surface area contributed by atoms with Crippen LogP contribution in [0.5, 0.6) is 11.5 Å². The summed E-state index contributed by atoms with van der Waals surface area (Å²) in [6.45, 7) is 8.44.